The van der Waals surface area contributed by atoms with E-state index in [-0.39, 0.29) is 11.9 Å². The Balaban J connectivity index is 1.42. The molecule has 2 aliphatic rings. The van der Waals surface area contributed by atoms with Crippen LogP contribution in [-0.2, 0) is 0 Å². The minimum Gasteiger partial charge on any atom is -0.497 e. The summed E-state index contributed by atoms with van der Waals surface area (Å²) in [5, 5.41) is 9.45. The highest BCUT2D eigenvalue weighted by Gasteiger charge is 2.34. The fourth-order valence-electron chi connectivity index (χ4n) is 3.68. The van der Waals surface area contributed by atoms with E-state index in [1.54, 1.807) is 7.11 Å². The molecule has 2 unspecified atom stereocenters. The second-order valence-corrected chi connectivity index (χ2v) is 7.40. The number of fused-ring (bicyclic) bond motifs is 2. The van der Waals surface area contributed by atoms with Crippen molar-refractivity contribution >= 4 is 17.2 Å². The number of piperidine rings is 1. The zero-order valence-electron chi connectivity index (χ0n) is 13.6. The number of ether oxygens (including phenoxy) is 1. The summed E-state index contributed by atoms with van der Waals surface area (Å²) in [6, 6.07) is 9.14. The molecule has 4 rings (SSSR count). The molecule has 1 aromatic carbocycles. The molecule has 2 aliphatic heterocycles. The molecule has 2 fully saturated rings. The van der Waals surface area contributed by atoms with Crippen LogP contribution in [-0.4, -0.2) is 36.1 Å². The number of carbonyl (C=O) groups is 1. The van der Waals surface area contributed by atoms with Crippen LogP contribution < -0.4 is 15.4 Å². The number of rotatable bonds is 4. The van der Waals surface area contributed by atoms with Gasteiger partial charge in [-0.1, -0.05) is 0 Å². The molecule has 2 saturated heterocycles. The highest BCUT2D eigenvalue weighted by molar-refractivity contribution is 7.13. The highest BCUT2D eigenvalue weighted by atomic mass is 32.1. The molecule has 0 spiro atoms. The van der Waals surface area contributed by atoms with Crippen LogP contribution in [0.3, 0.4) is 0 Å². The second kappa shape index (κ2) is 6.53. The Morgan fingerprint density at radius 1 is 1.25 bits per heavy atom. The number of thiazole rings is 1. The van der Waals surface area contributed by atoms with Gasteiger partial charge in [0.15, 0.2) is 0 Å². The molecule has 126 valence electrons. The molecule has 2 aromatic rings. The Morgan fingerprint density at radius 3 is 2.62 bits per heavy atom. The molecule has 6 heteroatoms. The Kier molecular flexibility index (Phi) is 4.24. The lowest BCUT2D eigenvalue weighted by Gasteiger charge is -2.29. The van der Waals surface area contributed by atoms with E-state index in [0.717, 1.165) is 29.2 Å². The van der Waals surface area contributed by atoms with Crippen LogP contribution in [0.4, 0.5) is 0 Å². The van der Waals surface area contributed by atoms with Gasteiger partial charge in [0, 0.05) is 29.1 Å². The molecule has 0 aliphatic carbocycles. The summed E-state index contributed by atoms with van der Waals surface area (Å²) in [6.45, 7) is 0. The number of benzene rings is 1. The fourth-order valence-corrected chi connectivity index (χ4v) is 4.48. The summed E-state index contributed by atoms with van der Waals surface area (Å²) >= 11 is 1.49. The van der Waals surface area contributed by atoms with Gasteiger partial charge in [0.25, 0.3) is 5.91 Å². The first-order chi connectivity index (χ1) is 11.7. The molecule has 0 saturated carbocycles. The van der Waals surface area contributed by atoms with Crippen LogP contribution in [0.1, 0.15) is 36.2 Å². The van der Waals surface area contributed by atoms with E-state index >= 15 is 0 Å². The van der Waals surface area contributed by atoms with E-state index in [0.29, 0.717) is 17.8 Å². The van der Waals surface area contributed by atoms with E-state index in [2.05, 4.69) is 15.6 Å². The molecular formula is C18H21N3O2S. The van der Waals surface area contributed by atoms with Crippen molar-refractivity contribution in [3.8, 4) is 16.3 Å². The lowest BCUT2D eigenvalue weighted by molar-refractivity contribution is 0.0919. The van der Waals surface area contributed by atoms with Crippen LogP contribution in [0.25, 0.3) is 10.6 Å². The average Bonchev–Trinajstić information content (AvgIpc) is 3.22. The topological polar surface area (TPSA) is 63.2 Å². The van der Waals surface area contributed by atoms with Gasteiger partial charge in [-0.15, -0.1) is 11.3 Å². The predicted octanol–water partition coefficient (Wildman–Crippen LogP) is 2.83. The molecule has 2 bridgehead atoms. The normalized spacial score (nSPS) is 25.5. The van der Waals surface area contributed by atoms with Crippen molar-refractivity contribution in [2.75, 3.05) is 7.11 Å². The van der Waals surface area contributed by atoms with Gasteiger partial charge < -0.3 is 15.4 Å². The maximum absolute atomic E-state index is 12.5. The number of nitrogens with zero attached hydrogens (tertiary/aromatic N) is 1. The predicted molar refractivity (Wildman–Crippen MR) is 94.5 cm³/mol. The van der Waals surface area contributed by atoms with Crippen LogP contribution >= 0.6 is 11.3 Å². The van der Waals surface area contributed by atoms with Crippen molar-refractivity contribution in [1.82, 2.24) is 15.6 Å². The smallest absolute Gasteiger partial charge is 0.270 e. The standard InChI is InChI=1S/C18H21N3O2S/c1-23-15-6-2-11(3-7-15)18-21-16(10-24-18)17(22)20-14-8-12-4-5-13(9-14)19-12/h2-3,6-7,10,12-14,19H,4-5,8-9H2,1H3,(H,20,22). The molecule has 0 radical (unpaired) electrons. The van der Waals surface area contributed by atoms with Crippen LogP contribution in [0.2, 0.25) is 0 Å². The molecule has 3 heterocycles. The van der Waals surface area contributed by atoms with Crippen LogP contribution in [0, 0.1) is 0 Å². The van der Waals surface area contributed by atoms with Crippen molar-refractivity contribution < 1.29 is 9.53 Å². The zero-order chi connectivity index (χ0) is 16.5. The first-order valence-corrected chi connectivity index (χ1v) is 9.26. The first kappa shape index (κ1) is 15.6. The molecule has 2 atom stereocenters. The van der Waals surface area contributed by atoms with Gasteiger partial charge in [0.2, 0.25) is 0 Å². The van der Waals surface area contributed by atoms with E-state index in [4.69, 9.17) is 4.74 Å². The third-order valence-corrected chi connectivity index (χ3v) is 5.77. The van der Waals surface area contributed by atoms with Gasteiger partial charge >= 0.3 is 0 Å². The van der Waals surface area contributed by atoms with Crippen molar-refractivity contribution in [2.45, 2.75) is 43.8 Å². The quantitative estimate of drug-likeness (QED) is 0.896. The lowest BCUT2D eigenvalue weighted by Crippen LogP contribution is -2.48. The Hall–Kier alpha value is -1.92. The van der Waals surface area contributed by atoms with E-state index in [9.17, 15) is 4.79 Å². The Bertz CT molecular complexity index is 716. The van der Waals surface area contributed by atoms with Gasteiger partial charge in [-0.25, -0.2) is 4.98 Å². The van der Waals surface area contributed by atoms with Crippen molar-refractivity contribution in [2.24, 2.45) is 0 Å². The summed E-state index contributed by atoms with van der Waals surface area (Å²) in [5.74, 6) is 0.756. The lowest BCUT2D eigenvalue weighted by atomic mass is 10.00. The SMILES string of the molecule is COc1ccc(-c2nc(C(=O)NC3CC4CCC(C3)N4)cs2)cc1. The first-order valence-electron chi connectivity index (χ1n) is 8.38. The minimum absolute atomic E-state index is 0.0580. The Labute approximate surface area is 145 Å². The van der Waals surface area contributed by atoms with Gasteiger partial charge in [0.1, 0.15) is 16.5 Å². The summed E-state index contributed by atoms with van der Waals surface area (Å²) in [7, 11) is 1.65. The number of carbonyl (C=O) groups excluding carboxylic acids is 1. The molecule has 24 heavy (non-hydrogen) atoms. The molecule has 5 nitrogen and oxygen atoms in total. The second-order valence-electron chi connectivity index (χ2n) is 6.55. The number of nitrogens with one attached hydrogen (secondary N) is 2. The van der Waals surface area contributed by atoms with Crippen LogP contribution in [0.15, 0.2) is 29.6 Å². The van der Waals surface area contributed by atoms with E-state index in [1.165, 1.54) is 24.2 Å². The summed E-state index contributed by atoms with van der Waals surface area (Å²) in [5.41, 5.74) is 1.51. The maximum atomic E-state index is 12.5. The van der Waals surface area contributed by atoms with Gasteiger partial charge in [-0.2, -0.15) is 0 Å². The van der Waals surface area contributed by atoms with Crippen molar-refractivity contribution in [1.29, 1.82) is 0 Å². The van der Waals surface area contributed by atoms with Gasteiger partial charge in [-0.3, -0.25) is 4.79 Å². The summed E-state index contributed by atoms with van der Waals surface area (Å²) in [4.78, 5) is 17.0. The molecule has 1 amide bonds. The third-order valence-electron chi connectivity index (χ3n) is 4.88. The van der Waals surface area contributed by atoms with Crippen molar-refractivity contribution in [3.63, 3.8) is 0 Å². The molecule has 1 aromatic heterocycles. The number of hydrogen-bond donors (Lipinski definition) is 2. The fraction of sp³-hybridized carbons (Fsp3) is 0.444. The minimum atomic E-state index is -0.0580. The Morgan fingerprint density at radius 2 is 1.96 bits per heavy atom. The largest absolute Gasteiger partial charge is 0.497 e. The monoisotopic (exact) mass is 343 g/mol. The number of aromatic nitrogens is 1. The van der Waals surface area contributed by atoms with E-state index in [1.807, 2.05) is 29.6 Å². The number of amides is 1. The summed E-state index contributed by atoms with van der Waals surface area (Å²) in [6.07, 6.45) is 4.51. The number of hydrogen-bond acceptors (Lipinski definition) is 5. The maximum Gasteiger partial charge on any atom is 0.270 e. The third kappa shape index (κ3) is 3.16. The highest BCUT2D eigenvalue weighted by Crippen LogP contribution is 2.28. The zero-order valence-corrected chi connectivity index (χ0v) is 14.4. The number of methoxy groups -OCH3 is 1. The van der Waals surface area contributed by atoms with E-state index < -0.39 is 0 Å². The molecule has 2 N–H and O–H groups in total. The summed E-state index contributed by atoms with van der Waals surface area (Å²) < 4.78 is 5.17. The van der Waals surface area contributed by atoms with Gasteiger partial charge in [0.05, 0.1) is 7.11 Å². The molecular weight excluding hydrogens is 322 g/mol. The van der Waals surface area contributed by atoms with Gasteiger partial charge in [-0.05, 0) is 49.9 Å². The van der Waals surface area contributed by atoms with Crippen molar-refractivity contribution in [3.05, 3.63) is 35.3 Å². The van der Waals surface area contributed by atoms with Crippen LogP contribution in [0.5, 0.6) is 5.75 Å². The average molecular weight is 343 g/mol.